The van der Waals surface area contributed by atoms with Crippen molar-refractivity contribution in [2.45, 2.75) is 31.5 Å². The number of hydrogen-bond acceptors (Lipinski definition) is 3. The van der Waals surface area contributed by atoms with Crippen molar-refractivity contribution >= 4 is 17.5 Å². The van der Waals surface area contributed by atoms with Crippen LogP contribution in [0.3, 0.4) is 0 Å². The average molecular weight is 359 g/mol. The van der Waals surface area contributed by atoms with E-state index in [0.29, 0.717) is 17.6 Å². The van der Waals surface area contributed by atoms with Crippen LogP contribution in [0.25, 0.3) is 0 Å². The van der Waals surface area contributed by atoms with Gasteiger partial charge in [0.05, 0.1) is 7.11 Å². The van der Waals surface area contributed by atoms with Gasteiger partial charge in [0, 0.05) is 23.2 Å². The Balaban J connectivity index is 1.84. The number of methoxy groups -OCH3 is 1. The highest BCUT2D eigenvalue weighted by atomic mass is 35.5. The molecule has 1 fully saturated rings. The molecule has 1 N–H and O–H groups in total. The maximum Gasteiger partial charge on any atom is 0.242 e. The van der Waals surface area contributed by atoms with E-state index in [9.17, 15) is 4.79 Å². The SMILES string of the molecule is COc1ccc(Cl)cc1CN(C)[C@@H](C(=O)NC1CC1)c1ccccc1. The van der Waals surface area contributed by atoms with Crippen molar-refractivity contribution in [3.63, 3.8) is 0 Å². The minimum atomic E-state index is -0.356. The van der Waals surface area contributed by atoms with Crippen LogP contribution >= 0.6 is 11.6 Å². The van der Waals surface area contributed by atoms with Crippen LogP contribution in [-0.4, -0.2) is 31.0 Å². The van der Waals surface area contributed by atoms with Gasteiger partial charge < -0.3 is 10.1 Å². The van der Waals surface area contributed by atoms with Crippen LogP contribution in [0.5, 0.6) is 5.75 Å². The molecule has 2 aromatic carbocycles. The molecule has 1 atom stereocenters. The third-order valence-electron chi connectivity index (χ3n) is 4.39. The second kappa shape index (κ2) is 7.89. The number of nitrogens with zero attached hydrogens (tertiary/aromatic N) is 1. The molecule has 0 saturated heterocycles. The molecule has 1 aliphatic rings. The average Bonchev–Trinajstić information content (AvgIpc) is 3.40. The zero-order valence-corrected chi connectivity index (χ0v) is 15.3. The second-order valence-corrected chi connectivity index (χ2v) is 6.90. The largest absolute Gasteiger partial charge is 0.496 e. The predicted molar refractivity (Wildman–Crippen MR) is 99.8 cm³/mol. The van der Waals surface area contributed by atoms with Crippen LogP contribution in [0.15, 0.2) is 48.5 Å². The molecule has 25 heavy (non-hydrogen) atoms. The number of carbonyl (C=O) groups excluding carboxylic acids is 1. The summed E-state index contributed by atoms with van der Waals surface area (Å²) in [4.78, 5) is 14.9. The van der Waals surface area contributed by atoms with E-state index in [0.717, 1.165) is 29.7 Å². The Morgan fingerprint density at radius 2 is 2.00 bits per heavy atom. The van der Waals surface area contributed by atoms with Gasteiger partial charge in [0.1, 0.15) is 11.8 Å². The molecule has 3 rings (SSSR count). The van der Waals surface area contributed by atoms with E-state index in [1.807, 2.05) is 54.4 Å². The van der Waals surface area contributed by atoms with Crippen molar-refractivity contribution in [2.24, 2.45) is 0 Å². The Labute approximate surface area is 153 Å². The first-order valence-electron chi connectivity index (χ1n) is 8.46. The summed E-state index contributed by atoms with van der Waals surface area (Å²) in [5.41, 5.74) is 1.93. The molecule has 5 heteroatoms. The predicted octanol–water partition coefficient (Wildman–Crippen LogP) is 3.80. The van der Waals surface area contributed by atoms with Gasteiger partial charge in [-0.2, -0.15) is 0 Å². The quantitative estimate of drug-likeness (QED) is 0.818. The molecular weight excluding hydrogens is 336 g/mol. The van der Waals surface area contributed by atoms with Gasteiger partial charge in [-0.15, -0.1) is 0 Å². The first-order chi connectivity index (χ1) is 12.1. The molecule has 0 unspecified atom stereocenters. The molecule has 132 valence electrons. The Hall–Kier alpha value is -2.04. The minimum absolute atomic E-state index is 0.0391. The highest BCUT2D eigenvalue weighted by molar-refractivity contribution is 6.30. The zero-order chi connectivity index (χ0) is 17.8. The third-order valence-corrected chi connectivity index (χ3v) is 4.63. The first-order valence-corrected chi connectivity index (χ1v) is 8.84. The molecule has 1 aliphatic carbocycles. The van der Waals surface area contributed by atoms with Crippen LogP contribution < -0.4 is 10.1 Å². The molecule has 2 aromatic rings. The van der Waals surface area contributed by atoms with Crippen molar-refractivity contribution < 1.29 is 9.53 Å². The number of amides is 1. The summed E-state index contributed by atoms with van der Waals surface area (Å²) in [7, 11) is 3.59. The van der Waals surface area contributed by atoms with Crippen molar-refractivity contribution in [3.05, 3.63) is 64.7 Å². The van der Waals surface area contributed by atoms with E-state index in [1.165, 1.54) is 0 Å². The monoisotopic (exact) mass is 358 g/mol. The third kappa shape index (κ3) is 4.53. The standard InChI is InChI=1S/C20H23ClN2O2/c1-23(13-15-12-16(21)8-11-18(15)25-2)19(14-6-4-3-5-7-14)20(24)22-17-9-10-17/h3-8,11-12,17,19H,9-10,13H2,1-2H3,(H,22,24)/t19-/m1/s1. The van der Waals surface area contributed by atoms with E-state index >= 15 is 0 Å². The summed E-state index contributed by atoms with van der Waals surface area (Å²) in [5, 5.41) is 3.78. The zero-order valence-electron chi connectivity index (χ0n) is 14.5. The Morgan fingerprint density at radius 1 is 1.28 bits per heavy atom. The lowest BCUT2D eigenvalue weighted by Gasteiger charge is -2.28. The molecule has 0 heterocycles. The van der Waals surface area contributed by atoms with Crippen LogP contribution in [-0.2, 0) is 11.3 Å². The molecule has 0 radical (unpaired) electrons. The summed E-state index contributed by atoms with van der Waals surface area (Å²) >= 11 is 6.14. The number of nitrogens with one attached hydrogen (secondary N) is 1. The molecule has 1 saturated carbocycles. The van der Waals surface area contributed by atoms with Crippen LogP contribution in [0.4, 0.5) is 0 Å². The van der Waals surface area contributed by atoms with E-state index < -0.39 is 0 Å². The highest BCUT2D eigenvalue weighted by Crippen LogP contribution is 2.29. The fourth-order valence-electron chi connectivity index (χ4n) is 2.98. The lowest BCUT2D eigenvalue weighted by molar-refractivity contribution is -0.126. The lowest BCUT2D eigenvalue weighted by Crippen LogP contribution is -2.39. The maximum atomic E-state index is 12.8. The number of benzene rings is 2. The summed E-state index contributed by atoms with van der Waals surface area (Å²) in [6.45, 7) is 0.557. The van der Waals surface area contributed by atoms with Crippen molar-refractivity contribution in [3.8, 4) is 5.75 Å². The van der Waals surface area contributed by atoms with E-state index in [4.69, 9.17) is 16.3 Å². The number of hydrogen-bond donors (Lipinski definition) is 1. The van der Waals surface area contributed by atoms with Gasteiger partial charge >= 0.3 is 0 Å². The molecular formula is C20H23ClN2O2. The summed E-state index contributed by atoms with van der Waals surface area (Å²) in [6.07, 6.45) is 2.14. The topological polar surface area (TPSA) is 41.6 Å². The molecule has 0 bridgehead atoms. The Morgan fingerprint density at radius 3 is 2.64 bits per heavy atom. The van der Waals surface area contributed by atoms with Gasteiger partial charge in [-0.25, -0.2) is 0 Å². The second-order valence-electron chi connectivity index (χ2n) is 6.47. The number of carbonyl (C=O) groups is 1. The molecule has 1 amide bonds. The molecule has 4 nitrogen and oxygen atoms in total. The van der Waals surface area contributed by atoms with E-state index in [-0.39, 0.29) is 11.9 Å². The number of ether oxygens (including phenoxy) is 1. The first kappa shape index (κ1) is 17.8. The Bertz CT molecular complexity index is 732. The van der Waals surface area contributed by atoms with Crippen molar-refractivity contribution in [2.75, 3.05) is 14.2 Å². The number of halogens is 1. The summed E-state index contributed by atoms with van der Waals surface area (Å²) in [6, 6.07) is 15.4. The summed E-state index contributed by atoms with van der Waals surface area (Å²) < 4.78 is 5.44. The van der Waals surface area contributed by atoms with E-state index in [1.54, 1.807) is 13.2 Å². The lowest BCUT2D eigenvalue weighted by atomic mass is 10.0. The van der Waals surface area contributed by atoms with Crippen molar-refractivity contribution in [1.29, 1.82) is 0 Å². The van der Waals surface area contributed by atoms with Gasteiger partial charge in [-0.3, -0.25) is 9.69 Å². The van der Waals surface area contributed by atoms with Gasteiger partial charge in [0.25, 0.3) is 0 Å². The van der Waals surface area contributed by atoms with Crippen LogP contribution in [0.2, 0.25) is 5.02 Å². The van der Waals surface area contributed by atoms with E-state index in [2.05, 4.69) is 5.32 Å². The molecule has 0 spiro atoms. The fraction of sp³-hybridized carbons (Fsp3) is 0.350. The smallest absolute Gasteiger partial charge is 0.242 e. The molecule has 0 aromatic heterocycles. The fourth-order valence-corrected chi connectivity index (χ4v) is 3.17. The summed E-state index contributed by atoms with van der Waals surface area (Å²) in [5.74, 6) is 0.808. The van der Waals surface area contributed by atoms with Gasteiger partial charge in [-0.1, -0.05) is 41.9 Å². The van der Waals surface area contributed by atoms with Gasteiger partial charge in [-0.05, 0) is 43.7 Å². The number of rotatable bonds is 7. The Kier molecular flexibility index (Phi) is 5.61. The van der Waals surface area contributed by atoms with Crippen LogP contribution in [0.1, 0.15) is 30.0 Å². The minimum Gasteiger partial charge on any atom is -0.496 e. The van der Waals surface area contributed by atoms with Crippen molar-refractivity contribution in [1.82, 2.24) is 10.2 Å². The highest BCUT2D eigenvalue weighted by Gasteiger charge is 2.31. The van der Waals surface area contributed by atoms with Gasteiger partial charge in [0.2, 0.25) is 5.91 Å². The van der Waals surface area contributed by atoms with Gasteiger partial charge in [0.15, 0.2) is 0 Å². The number of likely N-dealkylation sites (N-methyl/N-ethyl adjacent to an activating group) is 1. The van der Waals surface area contributed by atoms with Crippen LogP contribution in [0, 0.1) is 0 Å². The maximum absolute atomic E-state index is 12.8. The normalized spacial score (nSPS) is 15.0. The molecule has 0 aliphatic heterocycles.